The summed E-state index contributed by atoms with van der Waals surface area (Å²) in [6, 6.07) is 7.44. The highest BCUT2D eigenvalue weighted by atomic mass is 16.2. The van der Waals surface area contributed by atoms with Crippen molar-refractivity contribution in [3.05, 3.63) is 24.3 Å². The summed E-state index contributed by atoms with van der Waals surface area (Å²) in [7, 11) is 0. The molecule has 1 saturated heterocycles. The molecule has 0 spiro atoms. The van der Waals surface area contributed by atoms with Gasteiger partial charge in [0.1, 0.15) is 5.69 Å². The average Bonchev–Trinajstić information content (AvgIpc) is 2.62. The Bertz CT molecular complexity index is 401. The van der Waals surface area contributed by atoms with Gasteiger partial charge in [-0.25, -0.2) is 9.28 Å². The van der Waals surface area contributed by atoms with E-state index in [1.807, 2.05) is 24.3 Å². The van der Waals surface area contributed by atoms with Crippen LogP contribution in [-0.4, -0.2) is 18.6 Å². The van der Waals surface area contributed by atoms with E-state index < -0.39 is 0 Å². The lowest BCUT2D eigenvalue weighted by atomic mass is 10.2. The van der Waals surface area contributed by atoms with E-state index in [2.05, 4.69) is 6.92 Å². The maximum absolute atomic E-state index is 11.8. The van der Waals surface area contributed by atoms with Crippen LogP contribution >= 0.6 is 0 Å². The van der Waals surface area contributed by atoms with Crippen molar-refractivity contribution in [1.82, 2.24) is 4.48 Å². The van der Waals surface area contributed by atoms with Gasteiger partial charge in [-0.05, 0) is 19.1 Å². The van der Waals surface area contributed by atoms with E-state index in [4.69, 9.17) is 11.5 Å². The van der Waals surface area contributed by atoms with Gasteiger partial charge in [0, 0.05) is 30.7 Å². The third kappa shape index (κ3) is 1.46. The molecule has 1 aromatic carbocycles. The Morgan fingerprint density at radius 2 is 2.00 bits per heavy atom. The van der Waals surface area contributed by atoms with E-state index >= 15 is 0 Å². The number of nitrogens with zero attached hydrogens (tertiary/aromatic N) is 1. The first kappa shape index (κ1) is 11.0. The monoisotopic (exact) mass is 220 g/mol. The first-order valence-electron chi connectivity index (χ1n) is 5.61. The molecule has 2 rings (SSSR count). The second-order valence-corrected chi connectivity index (χ2v) is 4.51. The summed E-state index contributed by atoms with van der Waals surface area (Å²) < 4.78 is 0.264. The van der Waals surface area contributed by atoms with Crippen molar-refractivity contribution < 1.29 is 4.79 Å². The van der Waals surface area contributed by atoms with Gasteiger partial charge in [0.2, 0.25) is 0 Å². The number of amides is 2. The Labute approximate surface area is 95.4 Å². The highest BCUT2D eigenvalue weighted by Gasteiger charge is 2.46. The Hall–Kier alpha value is -1.55. The van der Waals surface area contributed by atoms with Crippen molar-refractivity contribution in [1.29, 1.82) is 0 Å². The number of nitrogens with two attached hydrogens (primary N) is 2. The fourth-order valence-electron chi connectivity index (χ4n) is 2.66. The van der Waals surface area contributed by atoms with Crippen molar-refractivity contribution in [3.63, 3.8) is 0 Å². The van der Waals surface area contributed by atoms with Crippen LogP contribution in [0, 0.1) is 0 Å². The zero-order chi connectivity index (χ0) is 11.8. The highest BCUT2D eigenvalue weighted by Crippen LogP contribution is 2.34. The number of benzene rings is 1. The summed E-state index contributed by atoms with van der Waals surface area (Å²) in [5, 5.41) is 0. The van der Waals surface area contributed by atoms with Gasteiger partial charge in [0.25, 0.3) is 0 Å². The number of hydrogen-bond donors (Lipinski definition) is 2. The van der Waals surface area contributed by atoms with E-state index in [1.54, 1.807) is 0 Å². The van der Waals surface area contributed by atoms with Gasteiger partial charge >= 0.3 is 6.03 Å². The number of carbonyl (C=O) groups is 1. The van der Waals surface area contributed by atoms with Crippen molar-refractivity contribution in [2.45, 2.75) is 25.8 Å². The molecule has 0 aliphatic carbocycles. The Morgan fingerprint density at radius 1 is 1.38 bits per heavy atom. The Balaban J connectivity index is 2.48. The molecule has 2 atom stereocenters. The molecule has 4 N–H and O–H groups in total. The molecule has 0 radical (unpaired) electrons. The lowest BCUT2D eigenvalue weighted by Crippen LogP contribution is -2.59. The molecule has 1 aromatic rings. The molecule has 2 amide bonds. The van der Waals surface area contributed by atoms with Crippen LogP contribution in [0.5, 0.6) is 0 Å². The minimum atomic E-state index is -0.269. The van der Waals surface area contributed by atoms with Crippen molar-refractivity contribution in [2.24, 2.45) is 5.73 Å². The van der Waals surface area contributed by atoms with Crippen LogP contribution in [0.2, 0.25) is 0 Å². The predicted octanol–water partition coefficient (Wildman–Crippen LogP) is 1.84. The molecule has 1 fully saturated rings. The largest absolute Gasteiger partial charge is 0.419 e. The van der Waals surface area contributed by atoms with Gasteiger partial charge in [0.05, 0.1) is 12.6 Å². The first-order valence-corrected chi connectivity index (χ1v) is 5.61. The third-order valence-electron chi connectivity index (χ3n) is 3.63. The molecular weight excluding hydrogens is 202 g/mol. The smallest absolute Gasteiger partial charge is 0.399 e. The highest BCUT2D eigenvalue weighted by molar-refractivity contribution is 5.86. The molecule has 1 aliphatic rings. The number of rotatable bonds is 1. The van der Waals surface area contributed by atoms with Gasteiger partial charge < -0.3 is 11.5 Å². The van der Waals surface area contributed by atoms with E-state index in [9.17, 15) is 4.79 Å². The van der Waals surface area contributed by atoms with Crippen molar-refractivity contribution >= 4 is 17.4 Å². The molecule has 1 heterocycles. The molecule has 0 aromatic heterocycles. The lowest BCUT2D eigenvalue weighted by Gasteiger charge is -2.33. The molecule has 16 heavy (non-hydrogen) atoms. The second kappa shape index (κ2) is 3.79. The number of carbonyl (C=O) groups excluding carboxylic acids is 1. The fraction of sp³-hybridized carbons (Fsp3) is 0.417. The van der Waals surface area contributed by atoms with E-state index in [0.29, 0.717) is 5.69 Å². The number of anilines is 1. The van der Waals surface area contributed by atoms with Gasteiger partial charge in [-0.2, -0.15) is 0 Å². The minimum absolute atomic E-state index is 0.251. The number of quaternary nitrogens is 1. The van der Waals surface area contributed by atoms with Gasteiger partial charge in [0.15, 0.2) is 0 Å². The van der Waals surface area contributed by atoms with Crippen molar-refractivity contribution in [3.8, 4) is 0 Å². The minimum Gasteiger partial charge on any atom is -0.399 e. The van der Waals surface area contributed by atoms with Crippen molar-refractivity contribution in [2.75, 3.05) is 12.3 Å². The fourth-order valence-corrected chi connectivity index (χ4v) is 2.66. The van der Waals surface area contributed by atoms with Crippen LogP contribution in [0.1, 0.15) is 19.8 Å². The summed E-state index contributed by atoms with van der Waals surface area (Å²) in [6.45, 7) is 2.87. The quantitative estimate of drug-likeness (QED) is 0.560. The number of hydrogen-bond acceptors (Lipinski definition) is 2. The molecule has 0 bridgehead atoms. The molecule has 86 valence electrons. The predicted molar refractivity (Wildman–Crippen MR) is 65.8 cm³/mol. The van der Waals surface area contributed by atoms with Gasteiger partial charge in [-0.15, -0.1) is 0 Å². The van der Waals surface area contributed by atoms with Crippen LogP contribution in [0.3, 0.4) is 0 Å². The molecule has 0 saturated carbocycles. The van der Waals surface area contributed by atoms with Crippen LogP contribution in [0.15, 0.2) is 24.3 Å². The standard InChI is InChI=1S/C12H17N3O/c1-9-3-2-8-15(9,12(14)16)11-6-4-10(13)5-7-11/h4-7,9H,2-3,8,13H2,1H3,(H-,14,16)/p+1/t9-,15?/m1/s1. The van der Waals surface area contributed by atoms with Gasteiger partial charge in [-0.1, -0.05) is 0 Å². The zero-order valence-corrected chi connectivity index (χ0v) is 9.52. The summed E-state index contributed by atoms with van der Waals surface area (Å²) in [6.07, 6.45) is 2.07. The molecular formula is C12H18N3O+. The maximum atomic E-state index is 11.8. The van der Waals surface area contributed by atoms with E-state index in [0.717, 1.165) is 25.1 Å². The van der Waals surface area contributed by atoms with Crippen LogP contribution < -0.4 is 16.0 Å². The zero-order valence-electron chi connectivity index (χ0n) is 9.52. The maximum Gasteiger partial charge on any atom is 0.419 e. The second-order valence-electron chi connectivity index (χ2n) is 4.51. The number of nitrogen functional groups attached to an aromatic ring is 1. The molecule has 1 unspecified atom stereocenters. The van der Waals surface area contributed by atoms with E-state index in [1.165, 1.54) is 0 Å². The average molecular weight is 220 g/mol. The lowest BCUT2D eigenvalue weighted by molar-refractivity contribution is 0.206. The summed E-state index contributed by atoms with van der Waals surface area (Å²) in [5.74, 6) is 0. The molecule has 1 aliphatic heterocycles. The SMILES string of the molecule is C[C@@H]1CCC[N+]1(C(N)=O)c1ccc(N)cc1. The summed E-state index contributed by atoms with van der Waals surface area (Å²) in [4.78, 5) is 11.8. The van der Waals surface area contributed by atoms with Gasteiger partial charge in [-0.3, -0.25) is 0 Å². The van der Waals surface area contributed by atoms with Crippen LogP contribution in [0.4, 0.5) is 16.2 Å². The normalized spacial score (nSPS) is 29.2. The van der Waals surface area contributed by atoms with Crippen LogP contribution in [-0.2, 0) is 0 Å². The molecule has 4 nitrogen and oxygen atoms in total. The first-order chi connectivity index (χ1) is 7.57. The van der Waals surface area contributed by atoms with E-state index in [-0.39, 0.29) is 16.6 Å². The summed E-state index contributed by atoms with van der Waals surface area (Å²) >= 11 is 0. The third-order valence-corrected chi connectivity index (χ3v) is 3.63. The van der Waals surface area contributed by atoms with Crippen LogP contribution in [0.25, 0.3) is 0 Å². The molecule has 4 heteroatoms. The number of likely N-dealkylation sites (tertiary alicyclic amines) is 1. The topological polar surface area (TPSA) is 69.1 Å². The summed E-state index contributed by atoms with van der Waals surface area (Å²) in [5.41, 5.74) is 12.9. The number of urea groups is 1. The number of primary amides is 1. The Kier molecular flexibility index (Phi) is 2.59. The Morgan fingerprint density at radius 3 is 2.44 bits per heavy atom.